The van der Waals surface area contributed by atoms with Gasteiger partial charge in [-0.05, 0) is 29.3 Å². The summed E-state index contributed by atoms with van der Waals surface area (Å²) in [7, 11) is 0. The standard InChI is InChI=1S/C25H26F2N4O3/c26-21-14-20(15-22(27)16-21)23-4-5-24(32)31(29-23)17-19-3-1-2-18(12-19)13-25(33)34-11-10-30-8-6-28-7-9-30/h1-5,12,14-16,28H,6-11,13,17H2. The summed E-state index contributed by atoms with van der Waals surface area (Å²) < 4.78 is 33.8. The molecule has 4 rings (SSSR count). The molecule has 1 N–H and O–H groups in total. The molecule has 1 saturated heterocycles. The third-order valence-electron chi connectivity index (χ3n) is 5.58. The fraction of sp³-hybridized carbons (Fsp3) is 0.320. The summed E-state index contributed by atoms with van der Waals surface area (Å²) in [5.41, 5.74) is 1.70. The van der Waals surface area contributed by atoms with E-state index < -0.39 is 11.6 Å². The lowest BCUT2D eigenvalue weighted by Gasteiger charge is -2.26. The number of carbonyl (C=O) groups excluding carboxylic acids is 1. The highest BCUT2D eigenvalue weighted by Crippen LogP contribution is 2.19. The lowest BCUT2D eigenvalue weighted by atomic mass is 10.1. The van der Waals surface area contributed by atoms with E-state index in [-0.39, 0.29) is 35.8 Å². The predicted octanol–water partition coefficient (Wildman–Crippen LogP) is 2.23. The Morgan fingerprint density at radius 2 is 1.74 bits per heavy atom. The van der Waals surface area contributed by atoms with Crippen LogP contribution < -0.4 is 10.9 Å². The Bertz CT molecular complexity index is 1190. The summed E-state index contributed by atoms with van der Waals surface area (Å²) in [6.07, 6.45) is 0.125. The second-order valence-electron chi connectivity index (χ2n) is 8.18. The van der Waals surface area contributed by atoms with Gasteiger partial charge in [-0.25, -0.2) is 13.5 Å². The highest BCUT2D eigenvalue weighted by molar-refractivity contribution is 5.72. The van der Waals surface area contributed by atoms with Crippen LogP contribution in [0.3, 0.4) is 0 Å². The maximum atomic E-state index is 13.6. The van der Waals surface area contributed by atoms with Gasteiger partial charge in [0, 0.05) is 50.4 Å². The van der Waals surface area contributed by atoms with Crippen LogP contribution in [0.5, 0.6) is 0 Å². The molecule has 0 saturated carbocycles. The van der Waals surface area contributed by atoms with Crippen molar-refractivity contribution in [2.75, 3.05) is 39.3 Å². The molecule has 0 atom stereocenters. The molecule has 0 aliphatic carbocycles. The van der Waals surface area contributed by atoms with Gasteiger partial charge in [0.15, 0.2) is 0 Å². The zero-order valence-corrected chi connectivity index (χ0v) is 18.7. The molecule has 1 aliphatic rings. The number of piperazine rings is 1. The van der Waals surface area contributed by atoms with Crippen LogP contribution in [0.25, 0.3) is 11.3 Å². The molecular weight excluding hydrogens is 442 g/mol. The lowest BCUT2D eigenvalue weighted by Crippen LogP contribution is -2.44. The Balaban J connectivity index is 1.39. The normalized spacial score (nSPS) is 14.2. The van der Waals surface area contributed by atoms with Crippen LogP contribution >= 0.6 is 0 Å². The van der Waals surface area contributed by atoms with E-state index in [1.165, 1.54) is 16.8 Å². The Morgan fingerprint density at radius 3 is 2.50 bits per heavy atom. The first-order valence-electron chi connectivity index (χ1n) is 11.2. The largest absolute Gasteiger partial charge is 0.464 e. The van der Waals surface area contributed by atoms with E-state index in [1.807, 2.05) is 18.2 Å². The molecule has 3 aromatic rings. The number of carbonyl (C=O) groups is 1. The molecule has 34 heavy (non-hydrogen) atoms. The molecule has 1 fully saturated rings. The quantitative estimate of drug-likeness (QED) is 0.511. The van der Waals surface area contributed by atoms with Crippen molar-refractivity contribution in [3.05, 3.63) is 87.7 Å². The molecule has 0 radical (unpaired) electrons. The second kappa shape index (κ2) is 11.1. The smallest absolute Gasteiger partial charge is 0.310 e. The molecule has 7 nitrogen and oxygen atoms in total. The number of nitrogens with one attached hydrogen (secondary N) is 1. The van der Waals surface area contributed by atoms with Gasteiger partial charge in [-0.3, -0.25) is 14.5 Å². The van der Waals surface area contributed by atoms with Crippen molar-refractivity contribution in [1.82, 2.24) is 20.0 Å². The van der Waals surface area contributed by atoms with Crippen molar-refractivity contribution in [3.8, 4) is 11.3 Å². The highest BCUT2D eigenvalue weighted by Gasteiger charge is 2.12. The van der Waals surface area contributed by atoms with Crippen molar-refractivity contribution in [2.45, 2.75) is 13.0 Å². The van der Waals surface area contributed by atoms with Crippen molar-refractivity contribution >= 4 is 5.97 Å². The molecule has 1 aliphatic heterocycles. The SMILES string of the molecule is O=C(Cc1cccc(Cn2nc(-c3cc(F)cc(F)c3)ccc2=O)c1)OCCN1CCNCC1. The van der Waals surface area contributed by atoms with E-state index in [0.29, 0.717) is 13.2 Å². The first-order valence-corrected chi connectivity index (χ1v) is 11.2. The maximum absolute atomic E-state index is 13.6. The van der Waals surface area contributed by atoms with Gasteiger partial charge in [0.1, 0.15) is 18.2 Å². The Labute approximate surface area is 196 Å². The summed E-state index contributed by atoms with van der Waals surface area (Å²) in [5, 5.41) is 7.55. The van der Waals surface area contributed by atoms with Crippen LogP contribution in [0, 0.1) is 11.6 Å². The van der Waals surface area contributed by atoms with Crippen LogP contribution in [0.1, 0.15) is 11.1 Å². The average molecular weight is 469 g/mol. The Kier molecular flexibility index (Phi) is 7.76. The van der Waals surface area contributed by atoms with Crippen LogP contribution in [0.4, 0.5) is 8.78 Å². The van der Waals surface area contributed by atoms with Crippen molar-refractivity contribution < 1.29 is 18.3 Å². The van der Waals surface area contributed by atoms with Crippen molar-refractivity contribution in [1.29, 1.82) is 0 Å². The van der Waals surface area contributed by atoms with Gasteiger partial charge in [0.2, 0.25) is 0 Å². The summed E-state index contributed by atoms with van der Waals surface area (Å²) in [6, 6.07) is 13.1. The average Bonchev–Trinajstić information content (AvgIpc) is 2.81. The number of aromatic nitrogens is 2. The number of nitrogens with zero attached hydrogens (tertiary/aromatic N) is 3. The number of hydrogen-bond donors (Lipinski definition) is 1. The van der Waals surface area contributed by atoms with E-state index in [9.17, 15) is 18.4 Å². The fourth-order valence-corrected chi connectivity index (χ4v) is 3.87. The van der Waals surface area contributed by atoms with Gasteiger partial charge in [-0.15, -0.1) is 0 Å². The zero-order chi connectivity index (χ0) is 23.9. The number of esters is 1. The van der Waals surface area contributed by atoms with Gasteiger partial charge in [0.05, 0.1) is 18.7 Å². The monoisotopic (exact) mass is 468 g/mol. The second-order valence-corrected chi connectivity index (χ2v) is 8.18. The van der Waals surface area contributed by atoms with Gasteiger partial charge in [-0.2, -0.15) is 5.10 Å². The fourth-order valence-electron chi connectivity index (χ4n) is 3.87. The number of benzene rings is 2. The van der Waals surface area contributed by atoms with E-state index >= 15 is 0 Å². The van der Waals surface area contributed by atoms with E-state index in [0.717, 1.165) is 55.5 Å². The Morgan fingerprint density at radius 1 is 1.00 bits per heavy atom. The minimum absolute atomic E-state index is 0.125. The van der Waals surface area contributed by atoms with Gasteiger partial charge < -0.3 is 10.1 Å². The summed E-state index contributed by atoms with van der Waals surface area (Å²) in [6.45, 7) is 5.00. The van der Waals surface area contributed by atoms with E-state index in [2.05, 4.69) is 15.3 Å². The molecular formula is C25H26F2N4O3. The third-order valence-corrected chi connectivity index (χ3v) is 5.58. The minimum atomic E-state index is -0.720. The lowest BCUT2D eigenvalue weighted by molar-refractivity contribution is -0.143. The first-order chi connectivity index (χ1) is 16.5. The number of rotatable bonds is 8. The van der Waals surface area contributed by atoms with E-state index in [4.69, 9.17) is 4.74 Å². The van der Waals surface area contributed by atoms with Crippen molar-refractivity contribution in [2.24, 2.45) is 0 Å². The number of halogens is 2. The number of hydrogen-bond acceptors (Lipinski definition) is 6. The van der Waals surface area contributed by atoms with Crippen LogP contribution in [0.2, 0.25) is 0 Å². The topological polar surface area (TPSA) is 76.5 Å². The molecule has 2 heterocycles. The van der Waals surface area contributed by atoms with Gasteiger partial charge in [0.25, 0.3) is 5.56 Å². The van der Waals surface area contributed by atoms with E-state index in [1.54, 1.807) is 6.07 Å². The molecule has 0 bridgehead atoms. The third kappa shape index (κ3) is 6.55. The molecule has 178 valence electrons. The first kappa shape index (κ1) is 23.7. The molecule has 2 aromatic carbocycles. The summed E-state index contributed by atoms with van der Waals surface area (Å²) >= 11 is 0. The maximum Gasteiger partial charge on any atom is 0.310 e. The van der Waals surface area contributed by atoms with Crippen LogP contribution in [0.15, 0.2) is 59.4 Å². The summed E-state index contributed by atoms with van der Waals surface area (Å²) in [4.78, 5) is 26.8. The molecule has 0 amide bonds. The number of ether oxygens (including phenoxy) is 1. The van der Waals surface area contributed by atoms with Crippen LogP contribution in [-0.2, 0) is 22.5 Å². The highest BCUT2D eigenvalue weighted by atomic mass is 19.1. The van der Waals surface area contributed by atoms with Crippen LogP contribution in [-0.4, -0.2) is 60.0 Å². The Hall–Kier alpha value is -3.43. The molecule has 1 aromatic heterocycles. The minimum Gasteiger partial charge on any atom is -0.464 e. The van der Waals surface area contributed by atoms with Crippen molar-refractivity contribution in [3.63, 3.8) is 0 Å². The van der Waals surface area contributed by atoms with Gasteiger partial charge in [-0.1, -0.05) is 24.3 Å². The zero-order valence-electron chi connectivity index (χ0n) is 18.7. The molecule has 0 spiro atoms. The predicted molar refractivity (Wildman–Crippen MR) is 123 cm³/mol. The van der Waals surface area contributed by atoms with Gasteiger partial charge >= 0.3 is 5.97 Å². The molecule has 9 heteroatoms. The molecule has 0 unspecified atom stereocenters. The summed E-state index contributed by atoms with van der Waals surface area (Å²) in [5.74, 6) is -1.75.